The van der Waals surface area contributed by atoms with Gasteiger partial charge in [-0.15, -0.1) is 0 Å². The van der Waals surface area contributed by atoms with E-state index in [1.54, 1.807) is 4.90 Å². The Hall–Kier alpha value is -0.820. The Kier molecular flexibility index (Phi) is 4.37. The van der Waals surface area contributed by atoms with E-state index in [4.69, 9.17) is 5.11 Å². The Morgan fingerprint density at radius 3 is 2.47 bits per heavy atom. The van der Waals surface area contributed by atoms with Gasteiger partial charge in [-0.25, -0.2) is 0 Å². The third-order valence-corrected chi connectivity index (χ3v) is 3.11. The number of aliphatic carboxylic acids is 1. The quantitative estimate of drug-likeness (QED) is 0.809. The molecule has 1 saturated heterocycles. The van der Waals surface area contributed by atoms with Gasteiger partial charge < -0.3 is 14.9 Å². The lowest BCUT2D eigenvalue weighted by Gasteiger charge is -2.24. The van der Waals surface area contributed by atoms with Crippen molar-refractivity contribution in [1.29, 1.82) is 0 Å². The van der Waals surface area contributed by atoms with Crippen LogP contribution < -0.4 is 0 Å². The minimum atomic E-state index is -4.68. The van der Waals surface area contributed by atoms with Crippen LogP contribution in [0.4, 0.5) is 13.2 Å². The second-order valence-corrected chi connectivity index (χ2v) is 4.60. The average molecular weight is 254 g/mol. The van der Waals surface area contributed by atoms with E-state index in [9.17, 15) is 18.0 Å². The number of carbonyl (C=O) groups is 1. The van der Waals surface area contributed by atoms with Gasteiger partial charge in [0.25, 0.3) is 0 Å². The predicted molar refractivity (Wildman–Crippen MR) is 55.7 cm³/mol. The van der Waals surface area contributed by atoms with Gasteiger partial charge >= 0.3 is 12.1 Å². The normalized spacial score (nSPS) is 24.2. The van der Waals surface area contributed by atoms with Crippen LogP contribution in [0, 0.1) is 5.92 Å². The van der Waals surface area contributed by atoms with Gasteiger partial charge in [0.2, 0.25) is 0 Å². The van der Waals surface area contributed by atoms with Gasteiger partial charge in [-0.2, -0.15) is 13.2 Å². The lowest BCUT2D eigenvalue weighted by Crippen LogP contribution is -2.41. The summed E-state index contributed by atoms with van der Waals surface area (Å²) in [7, 11) is 3.74. The monoisotopic (exact) mass is 254 g/mol. The summed E-state index contributed by atoms with van der Waals surface area (Å²) in [6, 6.07) is 0.206. The molecular weight excluding hydrogens is 237 g/mol. The van der Waals surface area contributed by atoms with Crippen molar-refractivity contribution in [2.45, 2.75) is 18.6 Å². The Morgan fingerprint density at radius 1 is 1.53 bits per heavy atom. The molecule has 1 N–H and O–H groups in total. The molecule has 0 aromatic rings. The Balaban J connectivity index is 2.56. The standard InChI is InChI=1S/C10H17F3N2O2/c1-14(2)7-3-4-15(5-7)6-8(9(16)17)10(11,12)13/h7-8H,3-6H2,1-2H3,(H,16,17). The molecule has 2 unspecified atom stereocenters. The van der Waals surface area contributed by atoms with E-state index in [1.165, 1.54) is 0 Å². The van der Waals surface area contributed by atoms with Crippen LogP contribution in [0.1, 0.15) is 6.42 Å². The average Bonchev–Trinajstić information content (AvgIpc) is 2.59. The number of rotatable bonds is 4. The van der Waals surface area contributed by atoms with E-state index in [0.717, 1.165) is 6.42 Å². The van der Waals surface area contributed by atoms with E-state index in [1.807, 2.05) is 19.0 Å². The van der Waals surface area contributed by atoms with Gasteiger partial charge in [0.15, 0.2) is 5.92 Å². The topological polar surface area (TPSA) is 43.8 Å². The highest BCUT2D eigenvalue weighted by molar-refractivity contribution is 5.71. The lowest BCUT2D eigenvalue weighted by atomic mass is 10.1. The van der Waals surface area contributed by atoms with E-state index >= 15 is 0 Å². The summed E-state index contributed by atoms with van der Waals surface area (Å²) in [6.07, 6.45) is -3.90. The van der Waals surface area contributed by atoms with Crippen molar-refractivity contribution in [1.82, 2.24) is 9.80 Å². The molecule has 0 aromatic heterocycles. The zero-order chi connectivity index (χ0) is 13.2. The summed E-state index contributed by atoms with van der Waals surface area (Å²) in [6.45, 7) is 0.554. The van der Waals surface area contributed by atoms with Gasteiger partial charge in [0, 0.05) is 19.1 Å². The number of halogens is 3. The fourth-order valence-corrected chi connectivity index (χ4v) is 1.98. The molecule has 1 heterocycles. The van der Waals surface area contributed by atoms with Crippen LogP contribution in [0.25, 0.3) is 0 Å². The molecule has 0 spiro atoms. The minimum absolute atomic E-state index is 0.206. The first kappa shape index (κ1) is 14.2. The predicted octanol–water partition coefficient (Wildman–Crippen LogP) is 0.885. The molecule has 0 radical (unpaired) electrons. The molecule has 0 amide bonds. The van der Waals surface area contributed by atoms with Crippen LogP contribution in [-0.2, 0) is 4.79 Å². The SMILES string of the molecule is CN(C)C1CCN(CC(C(=O)O)C(F)(F)F)C1. The zero-order valence-electron chi connectivity index (χ0n) is 9.87. The van der Waals surface area contributed by atoms with E-state index < -0.39 is 24.6 Å². The molecule has 7 heteroatoms. The van der Waals surface area contributed by atoms with Crippen LogP contribution in [0.15, 0.2) is 0 Å². The van der Waals surface area contributed by atoms with Crippen LogP contribution in [0.2, 0.25) is 0 Å². The molecule has 0 aromatic carbocycles. The Labute approximate surface area is 98.0 Å². The Bertz CT molecular complexity index is 281. The molecule has 1 fully saturated rings. The van der Waals surface area contributed by atoms with E-state index in [2.05, 4.69) is 0 Å². The zero-order valence-corrected chi connectivity index (χ0v) is 9.87. The number of likely N-dealkylation sites (tertiary alicyclic amines) is 1. The van der Waals surface area contributed by atoms with Gasteiger partial charge in [0.1, 0.15) is 0 Å². The molecule has 17 heavy (non-hydrogen) atoms. The number of carboxylic acid groups (broad SMARTS) is 1. The van der Waals surface area contributed by atoms with Crippen molar-refractivity contribution in [3.05, 3.63) is 0 Å². The first-order valence-corrected chi connectivity index (χ1v) is 5.40. The maximum Gasteiger partial charge on any atom is 0.403 e. The third-order valence-electron chi connectivity index (χ3n) is 3.11. The lowest BCUT2D eigenvalue weighted by molar-refractivity contribution is -0.196. The number of hydrogen-bond acceptors (Lipinski definition) is 3. The molecule has 100 valence electrons. The number of carboxylic acids is 1. The van der Waals surface area contributed by atoms with Crippen LogP contribution in [0.3, 0.4) is 0 Å². The van der Waals surface area contributed by atoms with Crippen molar-refractivity contribution in [3.8, 4) is 0 Å². The molecule has 0 aliphatic carbocycles. The molecule has 1 rings (SSSR count). The maximum atomic E-state index is 12.5. The van der Waals surface area contributed by atoms with Crippen molar-refractivity contribution in [2.75, 3.05) is 33.7 Å². The third kappa shape index (κ3) is 3.85. The van der Waals surface area contributed by atoms with Crippen molar-refractivity contribution in [3.63, 3.8) is 0 Å². The summed E-state index contributed by atoms with van der Waals surface area (Å²) < 4.78 is 37.4. The second kappa shape index (κ2) is 5.22. The van der Waals surface area contributed by atoms with Crippen LogP contribution >= 0.6 is 0 Å². The summed E-state index contributed by atoms with van der Waals surface area (Å²) in [4.78, 5) is 14.1. The first-order valence-electron chi connectivity index (χ1n) is 5.40. The molecule has 1 aliphatic heterocycles. The fourth-order valence-electron chi connectivity index (χ4n) is 1.98. The van der Waals surface area contributed by atoms with Crippen molar-refractivity contribution < 1.29 is 23.1 Å². The van der Waals surface area contributed by atoms with Crippen molar-refractivity contribution >= 4 is 5.97 Å². The molecule has 0 saturated carbocycles. The molecular formula is C10H17F3N2O2. The largest absolute Gasteiger partial charge is 0.481 e. The van der Waals surface area contributed by atoms with Crippen molar-refractivity contribution in [2.24, 2.45) is 5.92 Å². The highest BCUT2D eigenvalue weighted by Crippen LogP contribution is 2.28. The highest BCUT2D eigenvalue weighted by Gasteiger charge is 2.46. The van der Waals surface area contributed by atoms with E-state index in [0.29, 0.717) is 13.1 Å². The summed E-state index contributed by atoms with van der Waals surface area (Å²) in [5, 5.41) is 8.59. The Morgan fingerprint density at radius 2 is 2.12 bits per heavy atom. The van der Waals surface area contributed by atoms with Gasteiger partial charge in [-0.3, -0.25) is 4.79 Å². The first-order chi connectivity index (χ1) is 7.71. The molecule has 2 atom stereocenters. The van der Waals surface area contributed by atoms with Gasteiger partial charge in [-0.05, 0) is 27.1 Å². The smallest absolute Gasteiger partial charge is 0.403 e. The molecule has 4 nitrogen and oxygen atoms in total. The highest BCUT2D eigenvalue weighted by atomic mass is 19.4. The summed E-state index contributed by atoms with van der Waals surface area (Å²) >= 11 is 0. The molecule has 1 aliphatic rings. The molecule has 0 bridgehead atoms. The van der Waals surface area contributed by atoms with E-state index in [-0.39, 0.29) is 6.04 Å². The number of likely N-dealkylation sites (N-methyl/N-ethyl adjacent to an activating group) is 1. The second-order valence-electron chi connectivity index (χ2n) is 4.60. The fraction of sp³-hybridized carbons (Fsp3) is 0.900. The van der Waals surface area contributed by atoms with Crippen LogP contribution in [-0.4, -0.2) is 66.8 Å². The number of alkyl halides is 3. The van der Waals surface area contributed by atoms with Gasteiger partial charge in [0.05, 0.1) is 0 Å². The number of hydrogen-bond donors (Lipinski definition) is 1. The minimum Gasteiger partial charge on any atom is -0.481 e. The number of nitrogens with zero attached hydrogens (tertiary/aromatic N) is 2. The summed E-state index contributed by atoms with van der Waals surface area (Å²) in [5.74, 6) is -4.09. The van der Waals surface area contributed by atoms with Crippen LogP contribution in [0.5, 0.6) is 0 Å². The maximum absolute atomic E-state index is 12.5. The van der Waals surface area contributed by atoms with Gasteiger partial charge in [-0.1, -0.05) is 0 Å². The summed E-state index contributed by atoms with van der Waals surface area (Å²) in [5.41, 5.74) is 0.